The van der Waals surface area contributed by atoms with E-state index in [-0.39, 0.29) is 5.97 Å². The summed E-state index contributed by atoms with van der Waals surface area (Å²) in [4.78, 5) is 11.6. The summed E-state index contributed by atoms with van der Waals surface area (Å²) in [6.45, 7) is 2.10. The number of piperidine rings is 1. The first kappa shape index (κ1) is 11.7. The molecule has 1 unspecified atom stereocenters. The van der Waals surface area contributed by atoms with Gasteiger partial charge in [0, 0.05) is 0 Å². The fourth-order valence-electron chi connectivity index (χ4n) is 3.63. The molecule has 0 aromatic heterocycles. The maximum atomic E-state index is 11.6. The molecule has 3 heteroatoms. The van der Waals surface area contributed by atoms with Gasteiger partial charge in [0.2, 0.25) is 0 Å². The molecule has 0 bridgehead atoms. The summed E-state index contributed by atoms with van der Waals surface area (Å²) in [7, 11) is 1.47. The first-order chi connectivity index (χ1) is 8.81. The lowest BCUT2D eigenvalue weighted by atomic mass is 9.81. The van der Waals surface area contributed by atoms with Crippen molar-refractivity contribution in [1.29, 1.82) is 0 Å². The topological polar surface area (TPSA) is 38.3 Å². The van der Waals surface area contributed by atoms with Crippen LogP contribution < -0.4 is 5.32 Å². The summed E-state index contributed by atoms with van der Waals surface area (Å²) < 4.78 is 4.85. The molecule has 2 aliphatic rings. The van der Waals surface area contributed by atoms with E-state index in [2.05, 4.69) is 29.6 Å². The average molecular weight is 245 g/mol. The van der Waals surface area contributed by atoms with Crippen LogP contribution >= 0.6 is 0 Å². The van der Waals surface area contributed by atoms with Crippen LogP contribution in [0.2, 0.25) is 0 Å². The highest BCUT2D eigenvalue weighted by atomic mass is 16.5. The lowest BCUT2D eigenvalue weighted by molar-refractivity contribution is -0.141. The van der Waals surface area contributed by atoms with E-state index in [9.17, 15) is 4.79 Å². The molecular formula is C15H19NO2. The first-order valence-electron chi connectivity index (χ1n) is 6.67. The van der Waals surface area contributed by atoms with Gasteiger partial charge in [0.1, 0.15) is 0 Å². The highest BCUT2D eigenvalue weighted by Gasteiger charge is 2.42. The number of ether oxygens (including phenoxy) is 1. The molecule has 3 atom stereocenters. The zero-order valence-electron chi connectivity index (χ0n) is 10.7. The number of nitrogens with one attached hydrogen (secondary N) is 1. The highest BCUT2D eigenvalue weighted by molar-refractivity contribution is 5.71. The van der Waals surface area contributed by atoms with Gasteiger partial charge in [-0.3, -0.25) is 4.79 Å². The Labute approximate surface area is 108 Å². The van der Waals surface area contributed by atoms with Crippen LogP contribution in [0.3, 0.4) is 0 Å². The van der Waals surface area contributed by atoms with Crippen molar-refractivity contribution in [3.05, 3.63) is 35.4 Å². The Hall–Kier alpha value is -1.35. The van der Waals surface area contributed by atoms with Crippen LogP contribution in [-0.4, -0.2) is 26.2 Å². The summed E-state index contributed by atoms with van der Waals surface area (Å²) in [5.74, 6) is 1.40. The van der Waals surface area contributed by atoms with Gasteiger partial charge < -0.3 is 10.1 Å². The van der Waals surface area contributed by atoms with Crippen molar-refractivity contribution in [2.24, 2.45) is 5.92 Å². The molecule has 0 saturated carbocycles. The molecule has 96 valence electrons. The number of hydrogen-bond acceptors (Lipinski definition) is 3. The van der Waals surface area contributed by atoms with Crippen LogP contribution in [0.4, 0.5) is 0 Å². The fourth-order valence-corrected chi connectivity index (χ4v) is 3.63. The standard InChI is InChI=1S/C15H19NO2/c1-18-15(17)8-13-11-5-3-2-4-10(11)12-6-7-16-9-14(12)13/h2-5,12-14,16H,6-9H2,1H3/t12-,13?,14-/m0/s1. The van der Waals surface area contributed by atoms with Gasteiger partial charge in [-0.25, -0.2) is 0 Å². The van der Waals surface area contributed by atoms with Gasteiger partial charge in [0.15, 0.2) is 0 Å². The smallest absolute Gasteiger partial charge is 0.306 e. The average Bonchev–Trinajstić information content (AvgIpc) is 2.74. The van der Waals surface area contributed by atoms with Crippen molar-refractivity contribution in [2.45, 2.75) is 24.7 Å². The molecule has 1 saturated heterocycles. The van der Waals surface area contributed by atoms with E-state index < -0.39 is 0 Å². The highest BCUT2D eigenvalue weighted by Crippen LogP contribution is 2.50. The summed E-state index contributed by atoms with van der Waals surface area (Å²) in [6, 6.07) is 8.60. The number of hydrogen-bond donors (Lipinski definition) is 1. The summed E-state index contributed by atoms with van der Waals surface area (Å²) in [5, 5.41) is 3.46. The van der Waals surface area contributed by atoms with Crippen LogP contribution in [0, 0.1) is 5.92 Å². The van der Waals surface area contributed by atoms with E-state index in [1.165, 1.54) is 24.7 Å². The molecule has 0 spiro atoms. The Morgan fingerprint density at radius 2 is 2.17 bits per heavy atom. The third kappa shape index (κ3) is 1.83. The molecule has 1 N–H and O–H groups in total. The molecule has 0 amide bonds. The van der Waals surface area contributed by atoms with Crippen LogP contribution in [0.25, 0.3) is 0 Å². The molecule has 0 radical (unpaired) electrons. The van der Waals surface area contributed by atoms with Crippen molar-refractivity contribution < 1.29 is 9.53 Å². The number of fused-ring (bicyclic) bond motifs is 3. The second-order valence-electron chi connectivity index (χ2n) is 5.28. The first-order valence-corrected chi connectivity index (χ1v) is 6.67. The largest absolute Gasteiger partial charge is 0.469 e. The molecule has 3 rings (SSSR count). The second-order valence-corrected chi connectivity index (χ2v) is 5.28. The molecule has 1 aromatic carbocycles. The minimum Gasteiger partial charge on any atom is -0.469 e. The fraction of sp³-hybridized carbons (Fsp3) is 0.533. The number of carbonyl (C=O) groups is 1. The van der Waals surface area contributed by atoms with Gasteiger partial charge in [-0.15, -0.1) is 0 Å². The van der Waals surface area contributed by atoms with Crippen LogP contribution in [0.15, 0.2) is 24.3 Å². The number of rotatable bonds is 2. The molecule has 1 aliphatic heterocycles. The maximum Gasteiger partial charge on any atom is 0.306 e. The maximum absolute atomic E-state index is 11.6. The van der Waals surface area contributed by atoms with E-state index in [0.29, 0.717) is 24.2 Å². The van der Waals surface area contributed by atoms with E-state index in [1.807, 2.05) is 0 Å². The van der Waals surface area contributed by atoms with Gasteiger partial charge in [-0.1, -0.05) is 24.3 Å². The predicted octanol–water partition coefficient (Wildman–Crippen LogP) is 2.04. The predicted molar refractivity (Wildman–Crippen MR) is 69.5 cm³/mol. The molecule has 1 fully saturated rings. The molecule has 3 nitrogen and oxygen atoms in total. The Morgan fingerprint density at radius 3 is 2.94 bits per heavy atom. The summed E-state index contributed by atoms with van der Waals surface area (Å²) in [6.07, 6.45) is 1.69. The minimum absolute atomic E-state index is 0.0963. The SMILES string of the molecule is COC(=O)CC1c2ccccc2[C@@H]2CCNC[C@H]12. The molecular weight excluding hydrogens is 226 g/mol. The zero-order chi connectivity index (χ0) is 12.5. The van der Waals surface area contributed by atoms with E-state index >= 15 is 0 Å². The van der Waals surface area contributed by atoms with Crippen molar-refractivity contribution >= 4 is 5.97 Å². The van der Waals surface area contributed by atoms with E-state index in [0.717, 1.165) is 13.1 Å². The number of methoxy groups -OCH3 is 1. The van der Waals surface area contributed by atoms with Crippen molar-refractivity contribution in [2.75, 3.05) is 20.2 Å². The van der Waals surface area contributed by atoms with Crippen LogP contribution in [0.5, 0.6) is 0 Å². The second kappa shape index (κ2) is 4.73. The lowest BCUT2D eigenvalue weighted by Crippen LogP contribution is -2.35. The number of carbonyl (C=O) groups excluding carboxylic acids is 1. The van der Waals surface area contributed by atoms with Crippen LogP contribution in [0.1, 0.15) is 35.8 Å². The van der Waals surface area contributed by atoms with Gasteiger partial charge >= 0.3 is 5.97 Å². The third-order valence-electron chi connectivity index (χ3n) is 4.46. The van der Waals surface area contributed by atoms with Gasteiger partial charge in [0.25, 0.3) is 0 Å². The van der Waals surface area contributed by atoms with Crippen LogP contribution in [-0.2, 0) is 9.53 Å². The monoisotopic (exact) mass is 245 g/mol. The minimum atomic E-state index is -0.0963. The zero-order valence-corrected chi connectivity index (χ0v) is 10.7. The van der Waals surface area contributed by atoms with Gasteiger partial charge in [-0.05, 0) is 48.4 Å². The normalized spacial score (nSPS) is 29.5. The van der Waals surface area contributed by atoms with E-state index in [4.69, 9.17) is 4.74 Å². The Balaban J connectivity index is 1.94. The molecule has 1 aliphatic carbocycles. The number of benzene rings is 1. The Morgan fingerprint density at radius 1 is 1.39 bits per heavy atom. The van der Waals surface area contributed by atoms with Crippen molar-refractivity contribution in [3.8, 4) is 0 Å². The summed E-state index contributed by atoms with van der Waals surface area (Å²) >= 11 is 0. The molecule has 18 heavy (non-hydrogen) atoms. The van der Waals surface area contributed by atoms with Gasteiger partial charge in [0.05, 0.1) is 13.5 Å². The Bertz CT molecular complexity index is 458. The third-order valence-corrected chi connectivity index (χ3v) is 4.46. The lowest BCUT2D eigenvalue weighted by Gasteiger charge is -2.30. The molecule has 1 aromatic rings. The van der Waals surface area contributed by atoms with Crippen molar-refractivity contribution in [1.82, 2.24) is 5.32 Å². The Kier molecular flexibility index (Phi) is 3.08. The quantitative estimate of drug-likeness (QED) is 0.810. The number of esters is 1. The molecule has 1 heterocycles. The van der Waals surface area contributed by atoms with Crippen molar-refractivity contribution in [3.63, 3.8) is 0 Å². The van der Waals surface area contributed by atoms with E-state index in [1.54, 1.807) is 0 Å². The van der Waals surface area contributed by atoms with Gasteiger partial charge in [-0.2, -0.15) is 0 Å². The summed E-state index contributed by atoms with van der Waals surface area (Å²) in [5.41, 5.74) is 2.82.